The lowest BCUT2D eigenvalue weighted by Crippen LogP contribution is -2.25. The zero-order valence-electron chi connectivity index (χ0n) is 16.7. The fourth-order valence-electron chi connectivity index (χ4n) is 3.68. The van der Waals surface area contributed by atoms with Gasteiger partial charge in [0.05, 0.1) is 11.1 Å². The molecular formula is C26H20ClNO2. The van der Waals surface area contributed by atoms with E-state index in [4.69, 9.17) is 11.6 Å². The fourth-order valence-corrected chi connectivity index (χ4v) is 3.85. The van der Waals surface area contributed by atoms with E-state index in [1.165, 1.54) is 10.6 Å². The normalized spacial score (nSPS) is 11.3. The van der Waals surface area contributed by atoms with Crippen molar-refractivity contribution < 1.29 is 4.79 Å². The van der Waals surface area contributed by atoms with E-state index in [0.29, 0.717) is 10.6 Å². The first kappa shape index (κ1) is 19.9. The van der Waals surface area contributed by atoms with Crippen LogP contribution in [-0.4, -0.2) is 10.4 Å². The van der Waals surface area contributed by atoms with Gasteiger partial charge in [-0.05, 0) is 47.9 Å². The van der Waals surface area contributed by atoms with Crippen LogP contribution in [0.15, 0.2) is 83.7 Å². The minimum absolute atomic E-state index is 0.142. The number of halogens is 1. The summed E-state index contributed by atoms with van der Waals surface area (Å²) in [5.41, 5.74) is 3.94. The molecule has 0 unspecified atom stereocenters. The van der Waals surface area contributed by atoms with E-state index in [1.54, 1.807) is 25.3 Å². The Labute approximate surface area is 179 Å². The van der Waals surface area contributed by atoms with Gasteiger partial charge < -0.3 is 4.57 Å². The van der Waals surface area contributed by atoms with Crippen LogP contribution in [0, 0.1) is 6.92 Å². The molecule has 3 nitrogen and oxygen atoms in total. The highest BCUT2D eigenvalue weighted by molar-refractivity contribution is 6.31. The first-order valence-corrected chi connectivity index (χ1v) is 10.0. The highest BCUT2D eigenvalue weighted by Gasteiger charge is 2.21. The molecule has 4 rings (SSSR count). The molecule has 0 spiro atoms. The smallest absolute Gasteiger partial charge is 0.262 e. The van der Waals surface area contributed by atoms with Crippen molar-refractivity contribution in [1.82, 2.24) is 4.57 Å². The second-order valence-corrected chi connectivity index (χ2v) is 7.63. The molecule has 4 heteroatoms. The largest absolute Gasteiger partial charge is 0.311 e. The Morgan fingerprint density at radius 1 is 0.967 bits per heavy atom. The number of hydrogen-bond acceptors (Lipinski definition) is 2. The van der Waals surface area contributed by atoms with Crippen molar-refractivity contribution in [3.05, 3.63) is 111 Å². The van der Waals surface area contributed by atoms with Crippen molar-refractivity contribution in [3.8, 4) is 11.1 Å². The molecule has 0 saturated carbocycles. The van der Waals surface area contributed by atoms with Gasteiger partial charge in [0, 0.05) is 23.0 Å². The maximum atomic E-state index is 13.3. The third-order valence-electron chi connectivity index (χ3n) is 5.27. The van der Waals surface area contributed by atoms with Crippen LogP contribution >= 0.6 is 11.6 Å². The molecule has 0 aliphatic rings. The van der Waals surface area contributed by atoms with Crippen molar-refractivity contribution in [2.24, 2.45) is 7.05 Å². The minimum Gasteiger partial charge on any atom is -0.311 e. The second-order valence-electron chi connectivity index (χ2n) is 7.20. The predicted molar refractivity (Wildman–Crippen MR) is 124 cm³/mol. The lowest BCUT2D eigenvalue weighted by atomic mass is 9.93. The average Bonchev–Trinajstić information content (AvgIpc) is 2.75. The molecule has 0 fully saturated rings. The first-order valence-electron chi connectivity index (χ1n) is 9.63. The van der Waals surface area contributed by atoms with Gasteiger partial charge >= 0.3 is 0 Å². The van der Waals surface area contributed by atoms with Gasteiger partial charge in [0.25, 0.3) is 5.56 Å². The summed E-state index contributed by atoms with van der Waals surface area (Å²) in [4.78, 5) is 26.5. The third-order valence-corrected chi connectivity index (χ3v) is 5.50. The van der Waals surface area contributed by atoms with Crippen molar-refractivity contribution >= 4 is 34.4 Å². The molecule has 0 radical (unpaired) electrons. The van der Waals surface area contributed by atoms with Crippen molar-refractivity contribution in [2.45, 2.75) is 6.92 Å². The Hall–Kier alpha value is -3.43. The second kappa shape index (κ2) is 8.13. The van der Waals surface area contributed by atoms with Crippen molar-refractivity contribution in [1.29, 1.82) is 0 Å². The first-order chi connectivity index (χ1) is 14.5. The van der Waals surface area contributed by atoms with Crippen LogP contribution in [-0.2, 0) is 7.05 Å². The molecule has 0 N–H and O–H groups in total. The Morgan fingerprint density at radius 2 is 1.67 bits per heavy atom. The van der Waals surface area contributed by atoms with Gasteiger partial charge in [-0.1, -0.05) is 72.3 Å². The van der Waals surface area contributed by atoms with Gasteiger partial charge in [-0.25, -0.2) is 0 Å². The number of hydrogen-bond donors (Lipinski definition) is 0. The maximum absolute atomic E-state index is 13.3. The standard InChI is InChI=1S/C26H20ClNO2/c1-17-8-6-7-9-18(17)12-15-23(29)25-24(19-10-4-3-5-11-19)21-16-20(27)13-14-22(21)28(2)26(25)30/h3-16H,1-2H3. The van der Waals surface area contributed by atoms with Gasteiger partial charge in [0.15, 0.2) is 5.78 Å². The molecule has 3 aromatic carbocycles. The van der Waals surface area contributed by atoms with Crippen molar-refractivity contribution in [2.75, 3.05) is 0 Å². The average molecular weight is 414 g/mol. The van der Waals surface area contributed by atoms with E-state index in [0.717, 1.165) is 27.6 Å². The zero-order valence-corrected chi connectivity index (χ0v) is 17.5. The Bertz CT molecular complexity index is 1350. The summed E-state index contributed by atoms with van der Waals surface area (Å²) in [7, 11) is 1.68. The Balaban J connectivity index is 1.99. The molecule has 4 aromatic rings. The lowest BCUT2D eigenvalue weighted by molar-refractivity contribution is 0.104. The van der Waals surface area contributed by atoms with E-state index in [-0.39, 0.29) is 16.9 Å². The van der Waals surface area contributed by atoms with Crippen LogP contribution < -0.4 is 5.56 Å². The fraction of sp³-hybridized carbons (Fsp3) is 0.0769. The summed E-state index contributed by atoms with van der Waals surface area (Å²) >= 11 is 6.27. The van der Waals surface area contributed by atoms with E-state index in [2.05, 4.69) is 0 Å². The number of carbonyl (C=O) groups is 1. The summed E-state index contributed by atoms with van der Waals surface area (Å²) in [5.74, 6) is -0.334. The molecule has 30 heavy (non-hydrogen) atoms. The molecule has 1 heterocycles. The monoisotopic (exact) mass is 413 g/mol. The van der Waals surface area contributed by atoms with Crippen LogP contribution in [0.2, 0.25) is 5.02 Å². The SMILES string of the molecule is Cc1ccccc1C=CC(=O)c1c(-c2ccccc2)c2cc(Cl)ccc2n(C)c1=O. The van der Waals surface area contributed by atoms with Gasteiger partial charge in [-0.15, -0.1) is 0 Å². The molecular weight excluding hydrogens is 394 g/mol. The van der Waals surface area contributed by atoms with Crippen LogP contribution in [0.3, 0.4) is 0 Å². The van der Waals surface area contributed by atoms with Gasteiger partial charge in [0.2, 0.25) is 0 Å². The molecule has 0 aliphatic heterocycles. The summed E-state index contributed by atoms with van der Waals surface area (Å²) in [5, 5.41) is 1.32. The Kier molecular flexibility index (Phi) is 5.39. The van der Waals surface area contributed by atoms with E-state index >= 15 is 0 Å². The molecule has 0 bridgehead atoms. The van der Waals surface area contributed by atoms with Crippen LogP contribution in [0.4, 0.5) is 0 Å². The molecule has 1 aromatic heterocycles. The van der Waals surface area contributed by atoms with Gasteiger partial charge in [-0.3, -0.25) is 9.59 Å². The summed E-state index contributed by atoms with van der Waals surface area (Å²) in [6.07, 6.45) is 3.23. The summed E-state index contributed by atoms with van der Waals surface area (Å²) < 4.78 is 1.51. The number of fused-ring (bicyclic) bond motifs is 1. The summed E-state index contributed by atoms with van der Waals surface area (Å²) in [6, 6.07) is 22.6. The summed E-state index contributed by atoms with van der Waals surface area (Å²) in [6.45, 7) is 1.98. The van der Waals surface area contributed by atoms with Gasteiger partial charge in [0.1, 0.15) is 0 Å². The van der Waals surface area contributed by atoms with Crippen LogP contribution in [0.25, 0.3) is 28.1 Å². The zero-order chi connectivity index (χ0) is 21.3. The third kappa shape index (κ3) is 3.60. The molecule has 0 aliphatic carbocycles. The number of carbonyl (C=O) groups excluding carboxylic acids is 1. The van der Waals surface area contributed by atoms with Crippen LogP contribution in [0.5, 0.6) is 0 Å². The van der Waals surface area contributed by atoms with E-state index in [9.17, 15) is 9.59 Å². The van der Waals surface area contributed by atoms with Gasteiger partial charge in [-0.2, -0.15) is 0 Å². The number of nitrogens with zero attached hydrogens (tertiary/aromatic N) is 1. The number of aryl methyl sites for hydroxylation is 2. The predicted octanol–water partition coefficient (Wildman–Crippen LogP) is 6.06. The number of benzene rings is 3. The lowest BCUT2D eigenvalue weighted by Gasteiger charge is -2.15. The highest BCUT2D eigenvalue weighted by Crippen LogP contribution is 2.32. The highest BCUT2D eigenvalue weighted by atomic mass is 35.5. The number of aromatic nitrogens is 1. The maximum Gasteiger partial charge on any atom is 0.262 e. The van der Waals surface area contributed by atoms with E-state index < -0.39 is 0 Å². The topological polar surface area (TPSA) is 39.1 Å². The van der Waals surface area contributed by atoms with E-state index in [1.807, 2.05) is 67.6 Å². The molecule has 0 amide bonds. The molecule has 0 saturated heterocycles. The van der Waals surface area contributed by atoms with Crippen molar-refractivity contribution in [3.63, 3.8) is 0 Å². The van der Waals surface area contributed by atoms with Crippen LogP contribution in [0.1, 0.15) is 21.5 Å². The minimum atomic E-state index is -0.334. The Morgan fingerprint density at radius 3 is 2.40 bits per heavy atom. The number of rotatable bonds is 4. The number of pyridine rings is 1. The molecule has 148 valence electrons. The number of allylic oxidation sites excluding steroid dienone is 1. The quantitative estimate of drug-likeness (QED) is 0.301. The number of ketones is 1. The molecule has 0 atom stereocenters.